The van der Waals surface area contributed by atoms with E-state index in [2.05, 4.69) is 41.4 Å². The fourth-order valence-corrected chi connectivity index (χ4v) is 3.60. The van der Waals surface area contributed by atoms with Gasteiger partial charge in [-0.05, 0) is 49.8 Å². The number of nitrogens with one attached hydrogen (secondary N) is 1. The van der Waals surface area contributed by atoms with Crippen molar-refractivity contribution < 1.29 is 9.53 Å². The third kappa shape index (κ3) is 4.55. The van der Waals surface area contributed by atoms with Crippen LogP contribution in [0, 0.1) is 18.8 Å². The van der Waals surface area contributed by atoms with E-state index in [1.807, 2.05) is 0 Å². The number of hydrogen-bond donors (Lipinski definition) is 1. The van der Waals surface area contributed by atoms with Crippen LogP contribution in [-0.4, -0.2) is 43.7 Å². The van der Waals surface area contributed by atoms with Gasteiger partial charge >= 0.3 is 0 Å². The zero-order chi connectivity index (χ0) is 16.1. The Bertz CT molecular complexity index is 526. The van der Waals surface area contributed by atoms with Gasteiger partial charge in [0.15, 0.2) is 0 Å². The van der Waals surface area contributed by atoms with Crippen LogP contribution in [0.3, 0.4) is 0 Å². The van der Waals surface area contributed by atoms with Gasteiger partial charge in [-0.2, -0.15) is 0 Å². The molecule has 2 aliphatic rings. The van der Waals surface area contributed by atoms with Gasteiger partial charge in [0, 0.05) is 38.8 Å². The van der Waals surface area contributed by atoms with Crippen molar-refractivity contribution in [3.63, 3.8) is 0 Å². The minimum atomic E-state index is 0.160. The number of hydrogen-bond acceptors (Lipinski definition) is 3. The van der Waals surface area contributed by atoms with Gasteiger partial charge in [-0.1, -0.05) is 24.3 Å². The van der Waals surface area contributed by atoms with Gasteiger partial charge in [0.1, 0.15) is 0 Å². The molecular formula is C19H28N2O2. The second-order valence-corrected chi connectivity index (χ2v) is 6.95. The van der Waals surface area contributed by atoms with E-state index in [1.54, 1.807) is 0 Å². The number of likely N-dealkylation sites (tertiary alicyclic amines) is 1. The Morgan fingerprint density at radius 3 is 2.83 bits per heavy atom. The lowest BCUT2D eigenvalue weighted by molar-refractivity contribution is -0.128. The summed E-state index contributed by atoms with van der Waals surface area (Å²) >= 11 is 0. The van der Waals surface area contributed by atoms with Gasteiger partial charge in [0.05, 0.1) is 0 Å². The molecule has 1 N–H and O–H groups in total. The molecule has 1 amide bonds. The first-order chi connectivity index (χ1) is 11.2. The Morgan fingerprint density at radius 1 is 1.26 bits per heavy atom. The molecule has 4 nitrogen and oxygen atoms in total. The molecule has 1 aromatic rings. The van der Waals surface area contributed by atoms with Crippen molar-refractivity contribution in [2.45, 2.75) is 32.7 Å². The first-order valence-electron chi connectivity index (χ1n) is 8.84. The topological polar surface area (TPSA) is 41.6 Å². The summed E-state index contributed by atoms with van der Waals surface area (Å²) in [5.41, 5.74) is 2.78. The Balaban J connectivity index is 1.41. The smallest absolute Gasteiger partial charge is 0.223 e. The predicted octanol–water partition coefficient (Wildman–Crippen LogP) is 2.36. The largest absolute Gasteiger partial charge is 0.381 e. The Labute approximate surface area is 139 Å². The Kier molecular flexibility index (Phi) is 5.68. The average Bonchev–Trinajstić information content (AvgIpc) is 3.03. The molecule has 1 atom stereocenters. The van der Waals surface area contributed by atoms with Gasteiger partial charge in [-0.15, -0.1) is 0 Å². The molecule has 0 spiro atoms. The summed E-state index contributed by atoms with van der Waals surface area (Å²) in [6.45, 7) is 7.69. The van der Waals surface area contributed by atoms with Crippen LogP contribution in [-0.2, 0) is 16.1 Å². The van der Waals surface area contributed by atoms with E-state index < -0.39 is 0 Å². The Morgan fingerprint density at radius 2 is 2.04 bits per heavy atom. The third-order valence-electron chi connectivity index (χ3n) is 5.18. The maximum Gasteiger partial charge on any atom is 0.223 e. The van der Waals surface area contributed by atoms with Crippen LogP contribution in [0.15, 0.2) is 24.3 Å². The van der Waals surface area contributed by atoms with E-state index >= 15 is 0 Å². The van der Waals surface area contributed by atoms with E-state index in [1.165, 1.54) is 17.5 Å². The summed E-state index contributed by atoms with van der Waals surface area (Å²) in [7, 11) is 0. The zero-order valence-electron chi connectivity index (χ0n) is 14.1. The molecule has 2 saturated heterocycles. The summed E-state index contributed by atoms with van der Waals surface area (Å²) in [4.78, 5) is 14.7. The average molecular weight is 316 g/mol. The first kappa shape index (κ1) is 16.5. The monoisotopic (exact) mass is 316 g/mol. The van der Waals surface area contributed by atoms with Crippen LogP contribution in [0.1, 0.15) is 30.4 Å². The quantitative estimate of drug-likeness (QED) is 0.907. The highest BCUT2D eigenvalue weighted by Crippen LogP contribution is 2.20. The van der Waals surface area contributed by atoms with Gasteiger partial charge in [0.25, 0.3) is 0 Å². The maximum atomic E-state index is 12.2. The van der Waals surface area contributed by atoms with Crippen LogP contribution < -0.4 is 5.32 Å². The highest BCUT2D eigenvalue weighted by Gasteiger charge is 2.25. The summed E-state index contributed by atoms with van der Waals surface area (Å²) in [6.07, 6.45) is 2.92. The van der Waals surface area contributed by atoms with Crippen LogP contribution in [0.2, 0.25) is 0 Å². The predicted molar refractivity (Wildman–Crippen MR) is 91.1 cm³/mol. The van der Waals surface area contributed by atoms with E-state index in [-0.39, 0.29) is 11.8 Å². The third-order valence-corrected chi connectivity index (χ3v) is 5.18. The summed E-state index contributed by atoms with van der Waals surface area (Å²) in [5, 5.41) is 3.17. The van der Waals surface area contributed by atoms with E-state index in [0.29, 0.717) is 5.92 Å². The zero-order valence-corrected chi connectivity index (χ0v) is 14.1. The lowest BCUT2D eigenvalue weighted by Gasteiger charge is -2.22. The van der Waals surface area contributed by atoms with Gasteiger partial charge in [0.2, 0.25) is 5.91 Å². The van der Waals surface area contributed by atoms with Crippen LogP contribution >= 0.6 is 0 Å². The molecule has 0 radical (unpaired) electrons. The van der Waals surface area contributed by atoms with E-state index in [4.69, 9.17) is 4.74 Å². The van der Waals surface area contributed by atoms with E-state index in [0.717, 1.165) is 52.2 Å². The molecule has 0 saturated carbocycles. The maximum absolute atomic E-state index is 12.2. The number of rotatable bonds is 5. The van der Waals surface area contributed by atoms with Crippen molar-refractivity contribution in [1.82, 2.24) is 10.2 Å². The highest BCUT2D eigenvalue weighted by atomic mass is 16.5. The summed E-state index contributed by atoms with van der Waals surface area (Å²) < 4.78 is 5.32. The van der Waals surface area contributed by atoms with Gasteiger partial charge in [-0.25, -0.2) is 0 Å². The van der Waals surface area contributed by atoms with Crippen molar-refractivity contribution >= 4 is 5.91 Å². The SMILES string of the molecule is Cc1ccccc1CN1CCC(CNC(=O)C2CCOCC2)C1. The minimum Gasteiger partial charge on any atom is -0.381 e. The minimum absolute atomic E-state index is 0.160. The molecular weight excluding hydrogens is 288 g/mol. The normalized spacial score (nSPS) is 23.1. The van der Waals surface area contributed by atoms with Gasteiger partial charge < -0.3 is 10.1 Å². The second-order valence-electron chi connectivity index (χ2n) is 6.95. The summed E-state index contributed by atoms with van der Waals surface area (Å²) in [5.74, 6) is 0.974. The standard InChI is InChI=1S/C19H28N2O2/c1-15-4-2-3-5-18(15)14-21-9-6-16(13-21)12-20-19(22)17-7-10-23-11-8-17/h2-5,16-17H,6-14H2,1H3,(H,20,22). The number of amides is 1. The molecule has 1 aromatic carbocycles. The van der Waals surface area contributed by atoms with Crippen LogP contribution in [0.5, 0.6) is 0 Å². The molecule has 2 aliphatic heterocycles. The van der Waals surface area contributed by atoms with Crippen molar-refractivity contribution in [3.05, 3.63) is 35.4 Å². The first-order valence-corrected chi connectivity index (χ1v) is 8.84. The van der Waals surface area contributed by atoms with Crippen LogP contribution in [0.25, 0.3) is 0 Å². The summed E-state index contributed by atoms with van der Waals surface area (Å²) in [6, 6.07) is 8.61. The van der Waals surface area contributed by atoms with E-state index in [9.17, 15) is 4.79 Å². The van der Waals surface area contributed by atoms with Crippen molar-refractivity contribution in [2.75, 3.05) is 32.8 Å². The number of carbonyl (C=O) groups is 1. The molecule has 4 heteroatoms. The molecule has 0 aromatic heterocycles. The highest BCUT2D eigenvalue weighted by molar-refractivity contribution is 5.78. The number of nitrogens with zero attached hydrogens (tertiary/aromatic N) is 1. The molecule has 23 heavy (non-hydrogen) atoms. The molecule has 3 rings (SSSR count). The van der Waals surface area contributed by atoms with Crippen molar-refractivity contribution in [3.8, 4) is 0 Å². The lowest BCUT2D eigenvalue weighted by atomic mass is 9.99. The number of carbonyl (C=O) groups excluding carboxylic acids is 1. The molecule has 0 aliphatic carbocycles. The molecule has 0 bridgehead atoms. The number of ether oxygens (including phenoxy) is 1. The fourth-order valence-electron chi connectivity index (χ4n) is 3.60. The molecule has 1 unspecified atom stereocenters. The number of aryl methyl sites for hydroxylation is 1. The van der Waals surface area contributed by atoms with Crippen LogP contribution in [0.4, 0.5) is 0 Å². The molecule has 2 fully saturated rings. The second kappa shape index (κ2) is 7.93. The Hall–Kier alpha value is -1.39. The lowest BCUT2D eigenvalue weighted by Crippen LogP contribution is -2.37. The van der Waals surface area contributed by atoms with Gasteiger partial charge in [-0.3, -0.25) is 9.69 Å². The molecule has 2 heterocycles. The fraction of sp³-hybridized carbons (Fsp3) is 0.632. The molecule has 126 valence electrons. The van der Waals surface area contributed by atoms with Crippen molar-refractivity contribution in [1.29, 1.82) is 0 Å². The van der Waals surface area contributed by atoms with Crippen molar-refractivity contribution in [2.24, 2.45) is 11.8 Å². The number of benzene rings is 1.